The van der Waals surface area contributed by atoms with Gasteiger partial charge in [-0.15, -0.1) is 0 Å². The molecule has 1 fully saturated rings. The Balaban J connectivity index is 1.47. The number of anilines is 1. The van der Waals surface area contributed by atoms with E-state index in [-0.39, 0.29) is 18.1 Å². The van der Waals surface area contributed by atoms with Crippen molar-refractivity contribution >= 4 is 11.6 Å². The summed E-state index contributed by atoms with van der Waals surface area (Å²) in [6.45, 7) is 4.16. The fourth-order valence-electron chi connectivity index (χ4n) is 3.08. The maximum Gasteiger partial charge on any atom is 0.228 e. The van der Waals surface area contributed by atoms with Crippen molar-refractivity contribution in [2.75, 3.05) is 38.2 Å². The van der Waals surface area contributed by atoms with E-state index in [9.17, 15) is 14.3 Å². The van der Waals surface area contributed by atoms with E-state index in [2.05, 4.69) is 10.2 Å². The number of aliphatic hydroxyl groups excluding tert-OH is 1. The van der Waals surface area contributed by atoms with Gasteiger partial charge in [0, 0.05) is 25.3 Å². The van der Waals surface area contributed by atoms with Gasteiger partial charge in [-0.3, -0.25) is 9.69 Å². The third-order valence-corrected chi connectivity index (χ3v) is 4.68. The van der Waals surface area contributed by atoms with Crippen LogP contribution < -0.4 is 5.32 Å². The van der Waals surface area contributed by atoms with Gasteiger partial charge in [-0.2, -0.15) is 0 Å². The number of amides is 1. The first-order chi connectivity index (χ1) is 13.1. The monoisotopic (exact) mass is 372 g/mol. The van der Waals surface area contributed by atoms with Crippen LogP contribution in [0.3, 0.4) is 0 Å². The van der Waals surface area contributed by atoms with Crippen LogP contribution in [0.25, 0.3) is 0 Å². The number of benzene rings is 2. The molecule has 144 valence electrons. The third-order valence-electron chi connectivity index (χ3n) is 4.68. The van der Waals surface area contributed by atoms with Crippen LogP contribution in [0.2, 0.25) is 0 Å². The van der Waals surface area contributed by atoms with Crippen LogP contribution in [0, 0.1) is 5.82 Å². The fourth-order valence-corrected chi connectivity index (χ4v) is 3.08. The lowest BCUT2D eigenvalue weighted by Crippen LogP contribution is -2.37. The van der Waals surface area contributed by atoms with E-state index in [1.54, 1.807) is 24.3 Å². The number of rotatable bonds is 7. The second kappa shape index (κ2) is 9.60. The minimum atomic E-state index is -0.531. The van der Waals surface area contributed by atoms with Crippen molar-refractivity contribution in [3.05, 3.63) is 65.5 Å². The van der Waals surface area contributed by atoms with E-state index in [4.69, 9.17) is 4.74 Å². The van der Waals surface area contributed by atoms with Crippen molar-refractivity contribution in [1.29, 1.82) is 0 Å². The number of carbonyl (C=O) groups is 1. The molecule has 1 aliphatic rings. The molecule has 0 spiro atoms. The summed E-state index contributed by atoms with van der Waals surface area (Å²) in [5.41, 5.74) is 2.26. The number of nitrogens with zero attached hydrogens (tertiary/aromatic N) is 1. The number of ether oxygens (including phenoxy) is 1. The summed E-state index contributed by atoms with van der Waals surface area (Å²) in [6.07, 6.45) is 0.317. The summed E-state index contributed by atoms with van der Waals surface area (Å²) >= 11 is 0. The highest BCUT2D eigenvalue weighted by atomic mass is 19.1. The normalized spacial score (nSPS) is 16.1. The highest BCUT2D eigenvalue weighted by Gasteiger charge is 2.14. The molecule has 2 aromatic carbocycles. The van der Waals surface area contributed by atoms with Crippen LogP contribution in [-0.2, 0) is 16.0 Å². The van der Waals surface area contributed by atoms with Crippen LogP contribution in [0.15, 0.2) is 48.5 Å². The van der Waals surface area contributed by atoms with Crippen LogP contribution >= 0.6 is 0 Å². The van der Waals surface area contributed by atoms with E-state index in [0.29, 0.717) is 12.1 Å². The smallest absolute Gasteiger partial charge is 0.228 e. The van der Waals surface area contributed by atoms with Crippen LogP contribution in [0.5, 0.6) is 0 Å². The lowest BCUT2D eigenvalue weighted by atomic mass is 10.1. The minimum Gasteiger partial charge on any atom is -0.388 e. The molecule has 0 bridgehead atoms. The van der Waals surface area contributed by atoms with Gasteiger partial charge >= 0.3 is 0 Å². The fraction of sp³-hybridized carbons (Fsp3) is 0.381. The van der Waals surface area contributed by atoms with Crippen LogP contribution in [0.1, 0.15) is 23.7 Å². The van der Waals surface area contributed by atoms with E-state index < -0.39 is 6.10 Å². The molecule has 6 heteroatoms. The van der Waals surface area contributed by atoms with Crippen molar-refractivity contribution in [1.82, 2.24) is 4.90 Å². The summed E-state index contributed by atoms with van der Waals surface area (Å²) in [7, 11) is 0. The zero-order valence-corrected chi connectivity index (χ0v) is 15.2. The molecule has 1 atom stereocenters. The van der Waals surface area contributed by atoms with Gasteiger partial charge < -0.3 is 15.2 Å². The number of morpholine rings is 1. The number of hydrogen-bond acceptors (Lipinski definition) is 4. The summed E-state index contributed by atoms with van der Waals surface area (Å²) in [5, 5.41) is 13.2. The maximum atomic E-state index is 12.9. The highest BCUT2D eigenvalue weighted by Crippen LogP contribution is 2.20. The van der Waals surface area contributed by atoms with E-state index >= 15 is 0 Å². The Labute approximate surface area is 158 Å². The van der Waals surface area contributed by atoms with Gasteiger partial charge in [-0.1, -0.05) is 24.3 Å². The SMILES string of the molecule is O=C(Cc1ccc(F)cc1)Nc1ccc(C(O)CCN2CCOCC2)cc1. The van der Waals surface area contributed by atoms with Gasteiger partial charge in [0.25, 0.3) is 0 Å². The Bertz CT molecular complexity index is 728. The Kier molecular flexibility index (Phi) is 6.92. The first-order valence-corrected chi connectivity index (χ1v) is 9.22. The second-order valence-electron chi connectivity index (χ2n) is 6.73. The Morgan fingerprint density at radius 3 is 2.44 bits per heavy atom. The molecule has 27 heavy (non-hydrogen) atoms. The van der Waals surface area contributed by atoms with Crippen molar-refractivity contribution in [2.24, 2.45) is 0 Å². The average Bonchev–Trinajstić information content (AvgIpc) is 2.69. The molecule has 0 aromatic heterocycles. The molecule has 0 aliphatic carbocycles. The molecule has 3 rings (SSSR count). The number of aliphatic hydroxyl groups is 1. The Hall–Kier alpha value is -2.28. The number of hydrogen-bond donors (Lipinski definition) is 2. The number of halogens is 1. The minimum absolute atomic E-state index is 0.165. The van der Waals surface area contributed by atoms with Gasteiger partial charge in [-0.25, -0.2) is 4.39 Å². The molecule has 1 aliphatic heterocycles. The first kappa shape index (κ1) is 19.5. The zero-order chi connectivity index (χ0) is 19.1. The van der Waals surface area contributed by atoms with Crippen molar-refractivity contribution in [3.8, 4) is 0 Å². The molecule has 0 radical (unpaired) electrons. The van der Waals surface area contributed by atoms with Gasteiger partial charge in [-0.05, 0) is 41.8 Å². The molecule has 2 aromatic rings. The van der Waals surface area contributed by atoms with Gasteiger partial charge in [0.2, 0.25) is 5.91 Å². The molecule has 2 N–H and O–H groups in total. The molecule has 1 amide bonds. The van der Waals surface area contributed by atoms with Crippen LogP contribution in [0.4, 0.5) is 10.1 Å². The lowest BCUT2D eigenvalue weighted by Gasteiger charge is -2.27. The molecule has 1 saturated heterocycles. The molecule has 1 unspecified atom stereocenters. The third kappa shape index (κ3) is 6.13. The molecule has 5 nitrogen and oxygen atoms in total. The van der Waals surface area contributed by atoms with E-state index in [1.165, 1.54) is 12.1 Å². The van der Waals surface area contributed by atoms with E-state index in [1.807, 2.05) is 12.1 Å². The van der Waals surface area contributed by atoms with Crippen LogP contribution in [-0.4, -0.2) is 48.8 Å². The molecule has 0 saturated carbocycles. The number of carbonyl (C=O) groups excluding carboxylic acids is 1. The van der Waals surface area contributed by atoms with Gasteiger partial charge in [0.15, 0.2) is 0 Å². The molecular formula is C21H25FN2O3. The summed E-state index contributed by atoms with van der Waals surface area (Å²) in [5.74, 6) is -0.482. The number of nitrogens with one attached hydrogen (secondary N) is 1. The predicted molar refractivity (Wildman–Crippen MR) is 102 cm³/mol. The average molecular weight is 372 g/mol. The quantitative estimate of drug-likeness (QED) is 0.785. The van der Waals surface area contributed by atoms with E-state index in [0.717, 1.165) is 44.0 Å². The summed E-state index contributed by atoms with van der Waals surface area (Å²) in [4.78, 5) is 14.4. The lowest BCUT2D eigenvalue weighted by molar-refractivity contribution is -0.115. The predicted octanol–water partition coefficient (Wildman–Crippen LogP) is 2.76. The maximum absolute atomic E-state index is 12.9. The largest absolute Gasteiger partial charge is 0.388 e. The Morgan fingerprint density at radius 1 is 1.11 bits per heavy atom. The molecular weight excluding hydrogens is 347 g/mol. The summed E-state index contributed by atoms with van der Waals surface area (Å²) in [6, 6.07) is 13.1. The topological polar surface area (TPSA) is 61.8 Å². The second-order valence-corrected chi connectivity index (χ2v) is 6.73. The van der Waals surface area contributed by atoms with Gasteiger partial charge in [0.05, 0.1) is 25.7 Å². The van der Waals surface area contributed by atoms with Gasteiger partial charge in [0.1, 0.15) is 5.82 Å². The zero-order valence-electron chi connectivity index (χ0n) is 15.2. The summed E-state index contributed by atoms with van der Waals surface area (Å²) < 4.78 is 18.2. The standard InChI is InChI=1S/C21H25FN2O3/c22-18-5-1-16(2-6-18)15-21(26)23-19-7-3-17(4-8-19)20(25)9-10-24-11-13-27-14-12-24/h1-8,20,25H,9-15H2,(H,23,26). The van der Waals surface area contributed by atoms with Crippen molar-refractivity contribution in [2.45, 2.75) is 18.9 Å². The Morgan fingerprint density at radius 2 is 1.78 bits per heavy atom. The first-order valence-electron chi connectivity index (χ1n) is 9.22. The highest BCUT2D eigenvalue weighted by molar-refractivity contribution is 5.92. The molecule has 1 heterocycles. The van der Waals surface area contributed by atoms with Crippen molar-refractivity contribution < 1.29 is 19.0 Å². The van der Waals surface area contributed by atoms with Crippen molar-refractivity contribution in [3.63, 3.8) is 0 Å².